The average molecular weight is 534 g/mol. The molecule has 0 fully saturated rings. The number of rotatable bonds is 9. The molecule has 198 valence electrons. The first-order valence-corrected chi connectivity index (χ1v) is 13.6. The van der Waals surface area contributed by atoms with E-state index in [1.807, 2.05) is 49.4 Å². The minimum absolute atomic E-state index is 0.0652. The third kappa shape index (κ3) is 5.60. The summed E-state index contributed by atoms with van der Waals surface area (Å²) in [4.78, 5) is 12.9. The number of sulfonamides is 1. The molecule has 0 saturated heterocycles. The number of carbonyl (C=O) groups is 1. The fourth-order valence-corrected chi connectivity index (χ4v) is 6.23. The molecule has 0 aromatic heterocycles. The number of hydrogen-bond donors (Lipinski definition) is 1. The molecule has 0 aliphatic carbocycles. The Hall–Kier alpha value is -4.04. The number of hydrogen-bond acceptors (Lipinski definition) is 6. The van der Waals surface area contributed by atoms with Crippen LogP contribution in [0.3, 0.4) is 0 Å². The molecule has 4 rings (SSSR count). The molecular weight excluding hydrogens is 502 g/mol. The van der Waals surface area contributed by atoms with Gasteiger partial charge in [-0.2, -0.15) is 0 Å². The summed E-state index contributed by atoms with van der Waals surface area (Å²) in [6.45, 7) is 5.42. The van der Waals surface area contributed by atoms with Crippen LogP contribution in [-0.4, -0.2) is 35.2 Å². The number of fused-ring (bicyclic) bond motifs is 1. The van der Waals surface area contributed by atoms with E-state index in [0.29, 0.717) is 33.6 Å². The predicted octanol–water partition coefficient (Wildman–Crippen LogP) is 5.91. The van der Waals surface area contributed by atoms with Gasteiger partial charge in [-0.3, -0.25) is 9.52 Å². The molecule has 0 spiro atoms. The fraction of sp³-hybridized carbons (Fsp3) is 0.233. The second-order valence-corrected chi connectivity index (χ2v) is 10.8. The molecule has 0 radical (unpaired) electrons. The largest absolute Gasteiger partial charge is 0.497 e. The van der Waals surface area contributed by atoms with E-state index in [2.05, 4.69) is 4.72 Å². The lowest BCUT2D eigenvalue weighted by Gasteiger charge is -2.21. The van der Waals surface area contributed by atoms with E-state index < -0.39 is 21.9 Å². The second kappa shape index (κ2) is 11.1. The topological polar surface area (TPSA) is 90.9 Å². The molecule has 4 aromatic carbocycles. The highest BCUT2D eigenvalue weighted by Crippen LogP contribution is 2.37. The number of benzene rings is 4. The van der Waals surface area contributed by atoms with E-state index in [9.17, 15) is 13.2 Å². The number of aryl methyl sites for hydroxylation is 3. The summed E-state index contributed by atoms with van der Waals surface area (Å²) < 4.78 is 46.4. The van der Waals surface area contributed by atoms with E-state index >= 15 is 0 Å². The van der Waals surface area contributed by atoms with Crippen molar-refractivity contribution in [1.29, 1.82) is 0 Å². The Morgan fingerprint density at radius 3 is 2.18 bits per heavy atom. The van der Waals surface area contributed by atoms with Gasteiger partial charge in [0.15, 0.2) is 5.75 Å². The van der Waals surface area contributed by atoms with Gasteiger partial charge >= 0.3 is 5.97 Å². The monoisotopic (exact) mass is 533 g/mol. The van der Waals surface area contributed by atoms with Gasteiger partial charge in [0, 0.05) is 5.39 Å². The maximum atomic E-state index is 13.6. The van der Waals surface area contributed by atoms with Gasteiger partial charge in [0.2, 0.25) is 0 Å². The highest BCUT2D eigenvalue weighted by molar-refractivity contribution is 7.92. The fourth-order valence-electron chi connectivity index (χ4n) is 4.71. The molecule has 1 atom stereocenters. The van der Waals surface area contributed by atoms with Crippen molar-refractivity contribution in [2.45, 2.75) is 31.6 Å². The third-order valence-corrected chi connectivity index (χ3v) is 8.07. The highest BCUT2D eigenvalue weighted by atomic mass is 32.2. The summed E-state index contributed by atoms with van der Waals surface area (Å²) >= 11 is 0. The molecule has 7 nitrogen and oxygen atoms in total. The number of ether oxygens (including phenoxy) is 3. The van der Waals surface area contributed by atoms with E-state index in [-0.39, 0.29) is 17.2 Å². The van der Waals surface area contributed by atoms with Crippen LogP contribution < -0.4 is 14.2 Å². The van der Waals surface area contributed by atoms with Gasteiger partial charge in [0.25, 0.3) is 10.0 Å². The Bertz CT molecular complexity index is 1560. The molecule has 4 aromatic rings. The maximum Gasteiger partial charge on any atom is 0.316 e. The standard InChI is InChI=1S/C30H31NO6S/c1-19-16-20(2)29(21(3)17-19)38(33,34)31-27-15-12-22-8-6-7-9-25(22)28(27)37-18-26(30(32)36-5)23-10-13-24(35-4)14-11-23/h6-17,26,31H,18H2,1-5H3. The molecule has 0 bridgehead atoms. The Morgan fingerprint density at radius 1 is 0.895 bits per heavy atom. The lowest BCUT2D eigenvalue weighted by molar-refractivity contribution is -0.143. The van der Waals surface area contributed by atoms with Crippen molar-refractivity contribution in [1.82, 2.24) is 0 Å². The Balaban J connectivity index is 1.74. The van der Waals surface area contributed by atoms with E-state index in [0.717, 1.165) is 10.9 Å². The van der Waals surface area contributed by atoms with Gasteiger partial charge in [-0.25, -0.2) is 8.42 Å². The van der Waals surface area contributed by atoms with Crippen LogP contribution in [0.25, 0.3) is 10.8 Å². The van der Waals surface area contributed by atoms with Crippen molar-refractivity contribution in [2.75, 3.05) is 25.5 Å². The SMILES string of the molecule is COC(=O)C(COc1c(NS(=O)(=O)c2c(C)cc(C)cc2C)ccc2ccccc12)c1ccc(OC)cc1. The van der Waals surface area contributed by atoms with Gasteiger partial charge in [-0.1, -0.05) is 60.2 Å². The normalized spacial score (nSPS) is 12.1. The van der Waals surface area contributed by atoms with Gasteiger partial charge in [-0.15, -0.1) is 0 Å². The van der Waals surface area contributed by atoms with Crippen molar-refractivity contribution in [3.63, 3.8) is 0 Å². The summed E-state index contributed by atoms with van der Waals surface area (Å²) in [5.74, 6) is -0.221. The molecule has 1 unspecified atom stereocenters. The first-order chi connectivity index (χ1) is 18.1. The summed E-state index contributed by atoms with van der Waals surface area (Å²) in [6, 6.07) is 21.8. The van der Waals surface area contributed by atoms with Crippen LogP contribution in [0, 0.1) is 20.8 Å². The van der Waals surface area contributed by atoms with Crippen LogP contribution in [0.5, 0.6) is 11.5 Å². The predicted molar refractivity (Wildman–Crippen MR) is 149 cm³/mol. The first kappa shape index (κ1) is 27.0. The lowest BCUT2D eigenvalue weighted by atomic mass is 10.00. The number of esters is 1. The zero-order valence-corrected chi connectivity index (χ0v) is 22.9. The van der Waals surface area contributed by atoms with Crippen LogP contribution in [0.2, 0.25) is 0 Å². The molecule has 8 heteroatoms. The highest BCUT2D eigenvalue weighted by Gasteiger charge is 2.26. The molecule has 0 aliphatic rings. The van der Waals surface area contributed by atoms with Crippen LogP contribution in [0.1, 0.15) is 28.2 Å². The van der Waals surface area contributed by atoms with Crippen LogP contribution in [0.15, 0.2) is 77.7 Å². The van der Waals surface area contributed by atoms with Crippen molar-refractivity contribution in [3.05, 3.63) is 95.1 Å². The summed E-state index contributed by atoms with van der Waals surface area (Å²) in [7, 11) is -1.05. The van der Waals surface area contributed by atoms with Crippen molar-refractivity contribution >= 4 is 32.5 Å². The van der Waals surface area contributed by atoms with Gasteiger partial charge in [-0.05, 0) is 61.0 Å². The van der Waals surface area contributed by atoms with E-state index in [1.54, 1.807) is 51.3 Å². The molecule has 1 N–H and O–H groups in total. The van der Waals surface area contributed by atoms with Crippen molar-refractivity contribution < 1.29 is 27.4 Å². The average Bonchev–Trinajstić information content (AvgIpc) is 2.88. The molecule has 38 heavy (non-hydrogen) atoms. The number of anilines is 1. The molecule has 0 amide bonds. The molecule has 0 saturated carbocycles. The van der Waals surface area contributed by atoms with Gasteiger partial charge < -0.3 is 14.2 Å². The summed E-state index contributed by atoms with van der Waals surface area (Å²) in [5, 5.41) is 1.58. The Labute approximate surface area is 223 Å². The quantitative estimate of drug-likeness (QED) is 0.269. The number of nitrogens with one attached hydrogen (secondary N) is 1. The minimum Gasteiger partial charge on any atom is -0.497 e. The molecule has 0 heterocycles. The van der Waals surface area contributed by atoms with Gasteiger partial charge in [0.1, 0.15) is 18.3 Å². The maximum absolute atomic E-state index is 13.6. The third-order valence-electron chi connectivity index (χ3n) is 6.40. The van der Waals surface area contributed by atoms with E-state index in [4.69, 9.17) is 14.2 Å². The Kier molecular flexibility index (Phi) is 7.92. The van der Waals surface area contributed by atoms with Crippen LogP contribution >= 0.6 is 0 Å². The number of carbonyl (C=O) groups excluding carboxylic acids is 1. The summed E-state index contributed by atoms with van der Waals surface area (Å²) in [6.07, 6.45) is 0. The first-order valence-electron chi connectivity index (χ1n) is 12.1. The molecule has 0 aliphatic heterocycles. The lowest BCUT2D eigenvalue weighted by Crippen LogP contribution is -2.22. The van der Waals surface area contributed by atoms with Gasteiger partial charge in [0.05, 0.1) is 24.8 Å². The van der Waals surface area contributed by atoms with Crippen LogP contribution in [-0.2, 0) is 19.6 Å². The smallest absolute Gasteiger partial charge is 0.316 e. The van der Waals surface area contributed by atoms with Crippen LogP contribution in [0.4, 0.5) is 5.69 Å². The molecular formula is C30H31NO6S. The van der Waals surface area contributed by atoms with E-state index in [1.165, 1.54) is 7.11 Å². The zero-order valence-electron chi connectivity index (χ0n) is 22.1. The minimum atomic E-state index is -3.94. The zero-order chi connectivity index (χ0) is 27.4. The summed E-state index contributed by atoms with van der Waals surface area (Å²) in [5.41, 5.74) is 3.26. The van der Waals surface area contributed by atoms with Crippen molar-refractivity contribution in [2.24, 2.45) is 0 Å². The Morgan fingerprint density at radius 2 is 1.55 bits per heavy atom. The van der Waals surface area contributed by atoms with Crippen molar-refractivity contribution in [3.8, 4) is 11.5 Å². The second-order valence-electron chi connectivity index (χ2n) is 9.16. The number of methoxy groups -OCH3 is 2.